The Labute approximate surface area is 202 Å². The molecule has 0 saturated carbocycles. The summed E-state index contributed by atoms with van der Waals surface area (Å²) in [7, 11) is 1.49. The number of hydrogen-bond acceptors (Lipinski definition) is 6. The Hall–Kier alpha value is -3.96. The number of aromatic hydroxyl groups is 1. The highest BCUT2D eigenvalue weighted by molar-refractivity contribution is 5.91. The highest BCUT2D eigenvalue weighted by atomic mass is 19.4. The Morgan fingerprint density at radius 3 is 2.61 bits per heavy atom. The van der Waals surface area contributed by atoms with Crippen molar-refractivity contribution in [2.45, 2.75) is 25.1 Å². The van der Waals surface area contributed by atoms with Gasteiger partial charge in [0.25, 0.3) is 0 Å². The van der Waals surface area contributed by atoms with Gasteiger partial charge in [-0.3, -0.25) is 0 Å². The van der Waals surface area contributed by atoms with Crippen LogP contribution in [0.4, 0.5) is 33.6 Å². The zero-order valence-electron chi connectivity index (χ0n) is 19.0. The summed E-state index contributed by atoms with van der Waals surface area (Å²) in [5.74, 6) is -5.08. The standard InChI is InChI=1S/C24H21F5N6O/c1-34-22-16(20(33-34)15-10-17(24(27,28)29)19(26)21(36)18(15)25)12-31-23(32-22)30-11-14-8-5-9-35(14)13-6-3-2-4-7-13/h2-4,6-7,10,12,14,36H,5,8-9,11H2,1H3,(H,30,31,32). The number of aromatic nitrogens is 4. The van der Waals surface area contributed by atoms with Crippen LogP contribution in [0.5, 0.6) is 5.75 Å². The van der Waals surface area contributed by atoms with Crippen molar-refractivity contribution in [3.05, 3.63) is 59.8 Å². The second-order valence-electron chi connectivity index (χ2n) is 8.56. The Morgan fingerprint density at radius 2 is 1.89 bits per heavy atom. The fourth-order valence-electron chi connectivity index (χ4n) is 4.54. The summed E-state index contributed by atoms with van der Waals surface area (Å²) in [6.07, 6.45) is -1.81. The summed E-state index contributed by atoms with van der Waals surface area (Å²) in [4.78, 5) is 10.9. The van der Waals surface area contributed by atoms with E-state index in [1.165, 1.54) is 17.9 Å². The molecule has 0 amide bonds. The van der Waals surface area contributed by atoms with Gasteiger partial charge in [-0.05, 0) is 31.0 Å². The van der Waals surface area contributed by atoms with Gasteiger partial charge in [-0.1, -0.05) is 18.2 Å². The van der Waals surface area contributed by atoms with Crippen LogP contribution in [0.1, 0.15) is 18.4 Å². The zero-order valence-corrected chi connectivity index (χ0v) is 19.0. The van der Waals surface area contributed by atoms with E-state index in [9.17, 15) is 27.1 Å². The number of para-hydroxylation sites is 1. The number of benzene rings is 2. The molecular weight excluding hydrogens is 483 g/mol. The molecule has 1 saturated heterocycles. The second kappa shape index (κ2) is 8.92. The first-order chi connectivity index (χ1) is 17.1. The van der Waals surface area contributed by atoms with Crippen LogP contribution in [0, 0.1) is 11.6 Å². The monoisotopic (exact) mass is 504 g/mol. The SMILES string of the molecule is Cn1nc(-c2cc(C(F)(F)F)c(F)c(O)c2F)c2cnc(NCC3CCCN3c3ccccc3)nc21. The number of halogens is 5. The third kappa shape index (κ3) is 4.16. The molecule has 1 fully saturated rings. The number of aryl methyl sites for hydroxylation is 1. The highest BCUT2D eigenvalue weighted by Crippen LogP contribution is 2.41. The van der Waals surface area contributed by atoms with Crippen molar-refractivity contribution in [3.8, 4) is 17.0 Å². The second-order valence-corrected chi connectivity index (χ2v) is 8.56. The van der Waals surface area contributed by atoms with E-state index in [1.807, 2.05) is 18.2 Å². The average molecular weight is 504 g/mol. The molecule has 0 spiro atoms. The van der Waals surface area contributed by atoms with Crippen molar-refractivity contribution in [2.75, 3.05) is 23.3 Å². The molecule has 2 aromatic carbocycles. The minimum absolute atomic E-state index is 0.146. The lowest BCUT2D eigenvalue weighted by atomic mass is 10.0. The number of nitrogens with zero attached hydrogens (tertiary/aromatic N) is 5. The molecule has 3 heterocycles. The van der Waals surface area contributed by atoms with Gasteiger partial charge in [0.15, 0.2) is 23.0 Å². The van der Waals surface area contributed by atoms with E-state index < -0.39 is 34.7 Å². The van der Waals surface area contributed by atoms with Crippen LogP contribution < -0.4 is 10.2 Å². The van der Waals surface area contributed by atoms with Gasteiger partial charge >= 0.3 is 6.18 Å². The number of phenolic OH excluding ortho intramolecular Hbond substituents is 1. The molecule has 5 rings (SSSR count). The van der Waals surface area contributed by atoms with Crippen molar-refractivity contribution < 1.29 is 27.1 Å². The maximum Gasteiger partial charge on any atom is 0.419 e. The van der Waals surface area contributed by atoms with Crippen molar-refractivity contribution in [1.82, 2.24) is 19.7 Å². The van der Waals surface area contributed by atoms with E-state index >= 15 is 0 Å². The molecule has 12 heteroatoms. The van der Waals surface area contributed by atoms with Crippen LogP contribution in [0.3, 0.4) is 0 Å². The quantitative estimate of drug-likeness (QED) is 0.368. The van der Waals surface area contributed by atoms with E-state index in [1.54, 1.807) is 0 Å². The molecule has 0 radical (unpaired) electrons. The fraction of sp³-hybridized carbons (Fsp3) is 0.292. The van der Waals surface area contributed by atoms with E-state index in [0.717, 1.165) is 25.1 Å². The van der Waals surface area contributed by atoms with Gasteiger partial charge in [-0.25, -0.2) is 18.4 Å². The smallest absolute Gasteiger partial charge is 0.419 e. The van der Waals surface area contributed by atoms with Gasteiger partial charge in [0.05, 0.1) is 10.9 Å². The van der Waals surface area contributed by atoms with Gasteiger partial charge in [-0.15, -0.1) is 0 Å². The summed E-state index contributed by atoms with van der Waals surface area (Å²) in [5, 5.41) is 17.1. The van der Waals surface area contributed by atoms with Crippen molar-refractivity contribution in [3.63, 3.8) is 0 Å². The molecule has 0 aliphatic carbocycles. The summed E-state index contributed by atoms with van der Waals surface area (Å²) in [5.41, 5.74) is -1.40. The molecule has 1 aliphatic heterocycles. The number of phenols is 1. The Bertz CT molecular complexity index is 1420. The van der Waals surface area contributed by atoms with Crippen LogP contribution in [-0.2, 0) is 13.2 Å². The average Bonchev–Trinajstić information content (AvgIpc) is 3.45. The third-order valence-corrected chi connectivity index (χ3v) is 6.28. The first kappa shape index (κ1) is 23.8. The van der Waals surface area contributed by atoms with Crippen LogP contribution in [0.25, 0.3) is 22.3 Å². The van der Waals surface area contributed by atoms with Gasteiger partial charge in [-0.2, -0.15) is 23.3 Å². The van der Waals surface area contributed by atoms with Crippen molar-refractivity contribution in [1.29, 1.82) is 0 Å². The van der Waals surface area contributed by atoms with Gasteiger partial charge in [0, 0.05) is 43.6 Å². The van der Waals surface area contributed by atoms with Gasteiger partial charge in [0.2, 0.25) is 5.95 Å². The normalized spacial score (nSPS) is 16.2. The van der Waals surface area contributed by atoms with E-state index in [2.05, 4.69) is 37.4 Å². The third-order valence-electron chi connectivity index (χ3n) is 6.28. The molecule has 1 unspecified atom stereocenters. The van der Waals surface area contributed by atoms with Gasteiger partial charge < -0.3 is 15.3 Å². The summed E-state index contributed by atoms with van der Waals surface area (Å²) >= 11 is 0. The lowest BCUT2D eigenvalue weighted by molar-refractivity contribution is -0.140. The van der Waals surface area contributed by atoms with E-state index in [0.29, 0.717) is 6.54 Å². The largest absolute Gasteiger partial charge is 0.503 e. The first-order valence-corrected chi connectivity index (χ1v) is 11.2. The Morgan fingerprint density at radius 1 is 1.14 bits per heavy atom. The topological polar surface area (TPSA) is 79.1 Å². The summed E-state index contributed by atoms with van der Waals surface area (Å²) < 4.78 is 69.5. The predicted molar refractivity (Wildman–Crippen MR) is 124 cm³/mol. The van der Waals surface area contributed by atoms with Gasteiger partial charge in [0.1, 0.15) is 5.69 Å². The number of anilines is 2. The van der Waals surface area contributed by atoms with Crippen molar-refractivity contribution >= 4 is 22.7 Å². The van der Waals surface area contributed by atoms with Crippen LogP contribution in [0.15, 0.2) is 42.6 Å². The molecular formula is C24H21F5N6O. The number of alkyl halides is 3. The van der Waals surface area contributed by atoms with Crippen LogP contribution >= 0.6 is 0 Å². The molecule has 36 heavy (non-hydrogen) atoms. The summed E-state index contributed by atoms with van der Waals surface area (Å²) in [6, 6.07) is 10.5. The predicted octanol–water partition coefficient (Wildman–Crippen LogP) is 5.11. The molecule has 4 aromatic rings. The number of nitrogens with one attached hydrogen (secondary N) is 1. The maximum atomic E-state index is 14.6. The number of rotatable bonds is 5. The zero-order chi connectivity index (χ0) is 25.6. The van der Waals surface area contributed by atoms with Crippen LogP contribution in [0.2, 0.25) is 0 Å². The molecule has 2 aromatic heterocycles. The number of hydrogen-bond donors (Lipinski definition) is 2. The molecule has 2 N–H and O–H groups in total. The molecule has 0 bridgehead atoms. The Balaban J connectivity index is 1.44. The molecule has 188 valence electrons. The van der Waals surface area contributed by atoms with E-state index in [-0.39, 0.29) is 34.8 Å². The lowest BCUT2D eigenvalue weighted by Crippen LogP contribution is -2.35. The lowest BCUT2D eigenvalue weighted by Gasteiger charge is -2.27. The first-order valence-electron chi connectivity index (χ1n) is 11.2. The minimum atomic E-state index is -5.14. The minimum Gasteiger partial charge on any atom is -0.503 e. The maximum absolute atomic E-state index is 14.6. The highest BCUT2D eigenvalue weighted by Gasteiger charge is 2.38. The number of fused-ring (bicyclic) bond motifs is 1. The fourth-order valence-corrected chi connectivity index (χ4v) is 4.54. The molecule has 1 atom stereocenters. The summed E-state index contributed by atoms with van der Waals surface area (Å²) in [6.45, 7) is 1.48. The molecule has 7 nitrogen and oxygen atoms in total. The Kier molecular flexibility index (Phi) is 5.89. The van der Waals surface area contributed by atoms with E-state index in [4.69, 9.17) is 0 Å². The van der Waals surface area contributed by atoms with Crippen molar-refractivity contribution in [2.24, 2.45) is 7.05 Å². The molecule has 1 aliphatic rings. The van der Waals surface area contributed by atoms with Crippen LogP contribution in [-0.4, -0.2) is 44.0 Å².